The van der Waals surface area contributed by atoms with E-state index < -0.39 is 10.8 Å². The van der Waals surface area contributed by atoms with Gasteiger partial charge in [0, 0.05) is 6.20 Å². The van der Waals surface area contributed by atoms with Crippen LogP contribution in [-0.4, -0.2) is 9.19 Å². The summed E-state index contributed by atoms with van der Waals surface area (Å²) < 4.78 is 12.2. The highest BCUT2D eigenvalue weighted by atomic mass is 32.2. The molecular formula is C14H16N2OS. The van der Waals surface area contributed by atoms with Gasteiger partial charge in [-0.1, -0.05) is 31.2 Å². The summed E-state index contributed by atoms with van der Waals surface area (Å²) in [7, 11) is -1.12. The second kappa shape index (κ2) is 5.78. The minimum absolute atomic E-state index is 0.484. The lowest BCUT2D eigenvalue weighted by atomic mass is 10.1. The molecule has 2 aromatic rings. The highest BCUT2D eigenvalue weighted by molar-refractivity contribution is 7.84. The Bertz CT molecular complexity index is 552. The third-order valence-corrected chi connectivity index (χ3v) is 4.24. The fourth-order valence-electron chi connectivity index (χ4n) is 1.70. The Balaban J connectivity index is 2.14. The molecule has 0 aliphatic carbocycles. The first kappa shape index (κ1) is 12.8. The summed E-state index contributed by atoms with van der Waals surface area (Å²) in [5, 5.41) is 0. The summed E-state index contributed by atoms with van der Waals surface area (Å²) in [6, 6.07) is 9.90. The molecule has 1 aromatic carbocycles. The van der Waals surface area contributed by atoms with Crippen LogP contribution in [0.4, 0.5) is 5.69 Å². The zero-order chi connectivity index (χ0) is 13.0. The maximum Gasteiger partial charge on any atom is 0.0664 e. The van der Waals surface area contributed by atoms with Crippen LogP contribution in [0.5, 0.6) is 0 Å². The molecule has 4 heteroatoms. The lowest BCUT2D eigenvalue weighted by Gasteiger charge is -2.05. The van der Waals surface area contributed by atoms with Crippen LogP contribution >= 0.6 is 0 Å². The van der Waals surface area contributed by atoms with Crippen LogP contribution < -0.4 is 5.73 Å². The van der Waals surface area contributed by atoms with Crippen LogP contribution in [0.15, 0.2) is 47.6 Å². The molecule has 0 radical (unpaired) electrons. The second-order valence-electron chi connectivity index (χ2n) is 4.07. The Morgan fingerprint density at radius 2 is 1.83 bits per heavy atom. The van der Waals surface area contributed by atoms with Crippen molar-refractivity contribution < 1.29 is 4.21 Å². The molecular weight excluding hydrogens is 244 g/mol. The molecule has 0 fully saturated rings. The molecule has 0 saturated heterocycles. The van der Waals surface area contributed by atoms with E-state index in [2.05, 4.69) is 24.0 Å². The van der Waals surface area contributed by atoms with Crippen molar-refractivity contribution in [1.82, 2.24) is 4.98 Å². The third kappa shape index (κ3) is 2.96. The fraction of sp³-hybridized carbons (Fsp3) is 0.214. The molecule has 0 saturated carbocycles. The Hall–Kier alpha value is -1.68. The number of rotatable bonds is 4. The van der Waals surface area contributed by atoms with Gasteiger partial charge in [-0.25, -0.2) is 0 Å². The van der Waals surface area contributed by atoms with Crippen LogP contribution in [0.2, 0.25) is 0 Å². The Morgan fingerprint density at radius 3 is 2.44 bits per heavy atom. The lowest BCUT2D eigenvalue weighted by molar-refractivity contribution is 0.683. The molecule has 0 bridgehead atoms. The van der Waals surface area contributed by atoms with Gasteiger partial charge in [0.2, 0.25) is 0 Å². The van der Waals surface area contributed by atoms with Crippen molar-refractivity contribution in [3.05, 3.63) is 53.9 Å². The molecule has 0 amide bonds. The predicted octanol–water partition coefficient (Wildman–Crippen LogP) is 2.53. The van der Waals surface area contributed by atoms with Gasteiger partial charge in [0.1, 0.15) is 0 Å². The SMILES string of the molecule is CCc1ccc(CS(=O)c2ccncc2N)cc1. The molecule has 0 aliphatic rings. The van der Waals surface area contributed by atoms with E-state index in [4.69, 9.17) is 5.73 Å². The maximum absolute atomic E-state index is 12.2. The fourth-order valence-corrected chi connectivity index (χ4v) is 2.88. The predicted molar refractivity (Wildman–Crippen MR) is 74.6 cm³/mol. The first-order chi connectivity index (χ1) is 8.70. The van der Waals surface area contributed by atoms with Crippen molar-refractivity contribution >= 4 is 16.5 Å². The van der Waals surface area contributed by atoms with E-state index >= 15 is 0 Å². The van der Waals surface area contributed by atoms with E-state index in [1.54, 1.807) is 12.3 Å². The molecule has 1 atom stereocenters. The zero-order valence-corrected chi connectivity index (χ0v) is 11.1. The van der Waals surface area contributed by atoms with Crippen LogP contribution in [0.25, 0.3) is 0 Å². The Morgan fingerprint density at radius 1 is 1.17 bits per heavy atom. The van der Waals surface area contributed by atoms with Gasteiger partial charge in [-0.15, -0.1) is 0 Å². The molecule has 0 aliphatic heterocycles. The van der Waals surface area contributed by atoms with Crippen LogP contribution in [0.1, 0.15) is 18.1 Å². The van der Waals surface area contributed by atoms with E-state index in [-0.39, 0.29) is 0 Å². The summed E-state index contributed by atoms with van der Waals surface area (Å²) >= 11 is 0. The van der Waals surface area contributed by atoms with E-state index in [1.165, 1.54) is 11.8 Å². The van der Waals surface area contributed by atoms with E-state index in [9.17, 15) is 4.21 Å². The van der Waals surface area contributed by atoms with Gasteiger partial charge in [0.25, 0.3) is 0 Å². The van der Waals surface area contributed by atoms with Crippen LogP contribution in [0, 0.1) is 0 Å². The molecule has 2 rings (SSSR count). The first-order valence-corrected chi connectivity index (χ1v) is 7.18. The first-order valence-electron chi connectivity index (χ1n) is 5.86. The van der Waals surface area contributed by atoms with Crippen molar-refractivity contribution in [2.45, 2.75) is 24.0 Å². The largest absolute Gasteiger partial charge is 0.396 e. The number of benzene rings is 1. The Kier molecular flexibility index (Phi) is 4.10. The molecule has 0 spiro atoms. The van der Waals surface area contributed by atoms with Crippen molar-refractivity contribution in [2.75, 3.05) is 5.73 Å². The highest BCUT2D eigenvalue weighted by Gasteiger charge is 2.08. The van der Waals surface area contributed by atoms with Gasteiger partial charge in [-0.3, -0.25) is 9.19 Å². The maximum atomic E-state index is 12.2. The average molecular weight is 260 g/mol. The number of hydrogen-bond donors (Lipinski definition) is 1. The highest BCUT2D eigenvalue weighted by Crippen LogP contribution is 2.18. The number of anilines is 1. The number of aryl methyl sites for hydroxylation is 1. The molecule has 94 valence electrons. The van der Waals surface area contributed by atoms with Crippen molar-refractivity contribution in [1.29, 1.82) is 0 Å². The molecule has 1 aromatic heterocycles. The summed E-state index contributed by atoms with van der Waals surface area (Å²) in [4.78, 5) is 4.55. The van der Waals surface area contributed by atoms with Gasteiger partial charge in [-0.2, -0.15) is 0 Å². The van der Waals surface area contributed by atoms with Gasteiger partial charge in [-0.05, 0) is 23.6 Å². The van der Waals surface area contributed by atoms with Crippen molar-refractivity contribution in [3.8, 4) is 0 Å². The zero-order valence-electron chi connectivity index (χ0n) is 10.3. The number of aromatic nitrogens is 1. The number of nitrogen functional groups attached to an aromatic ring is 1. The monoisotopic (exact) mass is 260 g/mol. The molecule has 2 N–H and O–H groups in total. The minimum atomic E-state index is -1.12. The van der Waals surface area contributed by atoms with E-state index in [1.807, 2.05) is 12.1 Å². The van der Waals surface area contributed by atoms with Gasteiger partial charge < -0.3 is 5.73 Å². The topological polar surface area (TPSA) is 56.0 Å². The Labute approximate surface area is 110 Å². The van der Waals surface area contributed by atoms with Crippen molar-refractivity contribution in [2.24, 2.45) is 0 Å². The number of nitrogens with two attached hydrogens (primary N) is 1. The number of nitrogens with zero attached hydrogens (tertiary/aromatic N) is 1. The minimum Gasteiger partial charge on any atom is -0.396 e. The normalized spacial score (nSPS) is 12.3. The van der Waals surface area contributed by atoms with Gasteiger partial charge in [0.05, 0.1) is 33.3 Å². The average Bonchev–Trinajstić information content (AvgIpc) is 2.40. The van der Waals surface area contributed by atoms with Gasteiger partial charge >= 0.3 is 0 Å². The third-order valence-electron chi connectivity index (χ3n) is 2.78. The second-order valence-corrected chi connectivity index (χ2v) is 5.49. The van der Waals surface area contributed by atoms with Crippen LogP contribution in [-0.2, 0) is 23.0 Å². The molecule has 1 heterocycles. The number of pyridine rings is 1. The smallest absolute Gasteiger partial charge is 0.0664 e. The van der Waals surface area contributed by atoms with Crippen LogP contribution in [0.3, 0.4) is 0 Å². The molecule has 1 unspecified atom stereocenters. The standard InChI is InChI=1S/C14H16N2OS/c1-2-11-3-5-12(6-4-11)10-18(17)14-7-8-16-9-13(14)15/h3-9H,2,10,15H2,1H3. The van der Waals surface area contributed by atoms with Crippen molar-refractivity contribution in [3.63, 3.8) is 0 Å². The summed E-state index contributed by atoms with van der Waals surface area (Å²) in [6.45, 7) is 2.12. The quantitative estimate of drug-likeness (QED) is 0.919. The molecule has 3 nitrogen and oxygen atoms in total. The lowest BCUT2D eigenvalue weighted by Crippen LogP contribution is -2.01. The van der Waals surface area contributed by atoms with E-state index in [0.29, 0.717) is 16.3 Å². The summed E-state index contributed by atoms with van der Waals surface area (Å²) in [5.41, 5.74) is 8.59. The van der Waals surface area contributed by atoms with E-state index in [0.717, 1.165) is 12.0 Å². The summed E-state index contributed by atoms with van der Waals surface area (Å²) in [5.74, 6) is 0.484. The van der Waals surface area contributed by atoms with Gasteiger partial charge in [0.15, 0.2) is 0 Å². The number of hydrogen-bond acceptors (Lipinski definition) is 3. The summed E-state index contributed by atoms with van der Waals surface area (Å²) in [6.07, 6.45) is 4.16. The molecule has 18 heavy (non-hydrogen) atoms.